The average Bonchev–Trinajstić information content (AvgIpc) is 3.13. The normalized spacial score (nSPS) is 21.4. The standard InChI is InChI=1S/C31H35NO2S/c1-21(2)28-9-5-6-10-29(28)34-27-18-25-16-17-26(19-27)32(25)31(33)24-14-12-23(13-15-24)20-35-30-11-7-4-8-22(30)3/h4-15,21,25-27H,16-20H2,1-3H3. The lowest BCUT2D eigenvalue weighted by Gasteiger charge is -2.39. The Morgan fingerprint density at radius 2 is 1.60 bits per heavy atom. The highest BCUT2D eigenvalue weighted by atomic mass is 32.2. The van der Waals surface area contributed by atoms with Crippen molar-refractivity contribution in [2.75, 3.05) is 0 Å². The quantitative estimate of drug-likeness (QED) is 0.322. The van der Waals surface area contributed by atoms with Crippen molar-refractivity contribution in [1.29, 1.82) is 0 Å². The number of carbonyl (C=O) groups excluding carboxylic acids is 1. The predicted octanol–water partition coefficient (Wildman–Crippen LogP) is 7.63. The Morgan fingerprint density at radius 1 is 0.943 bits per heavy atom. The van der Waals surface area contributed by atoms with Gasteiger partial charge in [-0.3, -0.25) is 4.79 Å². The lowest BCUT2D eigenvalue weighted by Crippen LogP contribution is -2.49. The average molecular weight is 486 g/mol. The molecule has 0 saturated carbocycles. The number of thioether (sulfide) groups is 1. The van der Waals surface area contributed by atoms with Crippen LogP contribution in [0.2, 0.25) is 0 Å². The molecule has 4 heteroatoms. The third kappa shape index (κ3) is 5.28. The van der Waals surface area contributed by atoms with Crippen LogP contribution < -0.4 is 4.74 Å². The summed E-state index contributed by atoms with van der Waals surface area (Å²) in [6, 6.07) is 25.7. The highest BCUT2D eigenvalue weighted by Crippen LogP contribution is 2.39. The van der Waals surface area contributed by atoms with E-state index in [1.54, 1.807) is 0 Å². The third-order valence-corrected chi connectivity index (χ3v) is 8.69. The van der Waals surface area contributed by atoms with E-state index in [2.05, 4.69) is 86.3 Å². The minimum Gasteiger partial charge on any atom is -0.490 e. The van der Waals surface area contributed by atoms with Crippen LogP contribution >= 0.6 is 11.8 Å². The molecule has 0 radical (unpaired) electrons. The number of hydrogen-bond donors (Lipinski definition) is 0. The van der Waals surface area contributed by atoms with Gasteiger partial charge in [-0.25, -0.2) is 0 Å². The SMILES string of the molecule is Cc1ccccc1SCc1ccc(C(=O)N2C3CCC2CC(Oc2ccccc2C(C)C)C3)cc1. The van der Waals surface area contributed by atoms with Crippen LogP contribution in [0.25, 0.3) is 0 Å². The summed E-state index contributed by atoms with van der Waals surface area (Å²) in [7, 11) is 0. The zero-order valence-corrected chi connectivity index (χ0v) is 21.8. The van der Waals surface area contributed by atoms with Gasteiger partial charge in [0.2, 0.25) is 0 Å². The van der Waals surface area contributed by atoms with Crippen LogP contribution in [0.3, 0.4) is 0 Å². The van der Waals surface area contributed by atoms with Crippen LogP contribution in [0.1, 0.15) is 72.5 Å². The molecule has 0 spiro atoms. The summed E-state index contributed by atoms with van der Waals surface area (Å²) >= 11 is 1.85. The summed E-state index contributed by atoms with van der Waals surface area (Å²) in [5.74, 6) is 2.52. The molecule has 2 atom stereocenters. The molecular weight excluding hydrogens is 450 g/mol. The van der Waals surface area contributed by atoms with Gasteiger partial charge in [0.15, 0.2) is 0 Å². The molecule has 2 saturated heterocycles. The van der Waals surface area contributed by atoms with Crippen LogP contribution in [0.15, 0.2) is 77.7 Å². The minimum atomic E-state index is 0.177. The molecular formula is C31H35NO2S. The van der Waals surface area contributed by atoms with E-state index in [0.29, 0.717) is 5.92 Å². The summed E-state index contributed by atoms with van der Waals surface area (Å²) < 4.78 is 6.51. The molecule has 2 unspecified atom stereocenters. The first-order chi connectivity index (χ1) is 17.0. The molecule has 2 fully saturated rings. The molecule has 2 bridgehead atoms. The Bertz CT molecular complexity index is 1160. The summed E-state index contributed by atoms with van der Waals surface area (Å²) in [5.41, 5.74) is 4.61. The lowest BCUT2D eigenvalue weighted by atomic mass is 9.97. The molecule has 0 aliphatic carbocycles. The van der Waals surface area contributed by atoms with Gasteiger partial charge in [0.1, 0.15) is 11.9 Å². The van der Waals surface area contributed by atoms with E-state index in [-0.39, 0.29) is 24.1 Å². The summed E-state index contributed by atoms with van der Waals surface area (Å²) in [6.45, 7) is 6.56. The summed E-state index contributed by atoms with van der Waals surface area (Å²) in [5, 5.41) is 0. The van der Waals surface area contributed by atoms with E-state index >= 15 is 0 Å². The summed E-state index contributed by atoms with van der Waals surface area (Å²) in [6.07, 6.45) is 4.16. The van der Waals surface area contributed by atoms with Crippen LogP contribution in [0.5, 0.6) is 5.75 Å². The fraction of sp³-hybridized carbons (Fsp3) is 0.387. The van der Waals surface area contributed by atoms with E-state index in [4.69, 9.17) is 4.74 Å². The molecule has 3 aromatic carbocycles. The minimum absolute atomic E-state index is 0.177. The van der Waals surface area contributed by atoms with Crippen molar-refractivity contribution in [2.45, 2.75) is 81.2 Å². The number of hydrogen-bond acceptors (Lipinski definition) is 3. The Morgan fingerprint density at radius 3 is 2.29 bits per heavy atom. The Kier molecular flexibility index (Phi) is 7.19. The van der Waals surface area contributed by atoms with Gasteiger partial charge < -0.3 is 9.64 Å². The number of para-hydroxylation sites is 1. The topological polar surface area (TPSA) is 29.5 Å². The Labute approximate surface area is 213 Å². The maximum absolute atomic E-state index is 13.5. The molecule has 2 heterocycles. The molecule has 35 heavy (non-hydrogen) atoms. The zero-order chi connectivity index (χ0) is 24.4. The van der Waals surface area contributed by atoms with Gasteiger partial charge in [0.25, 0.3) is 5.91 Å². The molecule has 0 aromatic heterocycles. The molecule has 5 rings (SSSR count). The largest absolute Gasteiger partial charge is 0.490 e. The van der Waals surface area contributed by atoms with Crippen LogP contribution in [0.4, 0.5) is 0 Å². The smallest absolute Gasteiger partial charge is 0.254 e. The maximum atomic E-state index is 13.5. The number of ether oxygens (including phenoxy) is 1. The van der Waals surface area contributed by atoms with E-state index in [0.717, 1.165) is 42.7 Å². The molecule has 3 nitrogen and oxygen atoms in total. The fourth-order valence-electron chi connectivity index (χ4n) is 5.57. The second kappa shape index (κ2) is 10.5. The predicted molar refractivity (Wildman–Crippen MR) is 144 cm³/mol. The van der Waals surface area contributed by atoms with Gasteiger partial charge in [-0.2, -0.15) is 0 Å². The van der Waals surface area contributed by atoms with Crippen molar-refractivity contribution in [3.63, 3.8) is 0 Å². The number of piperidine rings is 1. The third-order valence-electron chi connectivity index (χ3n) is 7.45. The molecule has 3 aromatic rings. The van der Waals surface area contributed by atoms with Crippen molar-refractivity contribution in [3.8, 4) is 5.75 Å². The zero-order valence-electron chi connectivity index (χ0n) is 20.9. The number of aryl methyl sites for hydroxylation is 1. The summed E-state index contributed by atoms with van der Waals surface area (Å²) in [4.78, 5) is 17.0. The number of nitrogens with zero attached hydrogens (tertiary/aromatic N) is 1. The van der Waals surface area contributed by atoms with Gasteiger partial charge in [0, 0.05) is 41.1 Å². The first kappa shape index (κ1) is 24.0. The van der Waals surface area contributed by atoms with Crippen molar-refractivity contribution in [3.05, 3.63) is 95.1 Å². The van der Waals surface area contributed by atoms with Gasteiger partial charge >= 0.3 is 0 Å². The number of benzene rings is 3. The first-order valence-corrected chi connectivity index (χ1v) is 13.8. The molecule has 0 N–H and O–H groups in total. The van der Waals surface area contributed by atoms with E-state index in [9.17, 15) is 4.79 Å². The Hall–Kier alpha value is -2.72. The van der Waals surface area contributed by atoms with Gasteiger partial charge in [-0.05, 0) is 66.6 Å². The van der Waals surface area contributed by atoms with Gasteiger partial charge in [0.05, 0.1) is 0 Å². The lowest BCUT2D eigenvalue weighted by molar-refractivity contribution is 0.0356. The van der Waals surface area contributed by atoms with Gasteiger partial charge in [-0.15, -0.1) is 11.8 Å². The van der Waals surface area contributed by atoms with Crippen molar-refractivity contribution in [2.24, 2.45) is 0 Å². The van der Waals surface area contributed by atoms with Crippen LogP contribution in [-0.2, 0) is 5.75 Å². The van der Waals surface area contributed by atoms with E-state index in [1.807, 2.05) is 23.9 Å². The van der Waals surface area contributed by atoms with Crippen LogP contribution in [-0.4, -0.2) is 29.0 Å². The molecule has 182 valence electrons. The fourth-order valence-corrected chi connectivity index (χ4v) is 6.56. The number of fused-ring (bicyclic) bond motifs is 2. The molecule has 1 amide bonds. The molecule has 2 aliphatic rings. The van der Waals surface area contributed by atoms with Crippen molar-refractivity contribution in [1.82, 2.24) is 4.90 Å². The second-order valence-corrected chi connectivity index (χ2v) is 11.3. The highest BCUT2D eigenvalue weighted by Gasteiger charge is 2.44. The van der Waals surface area contributed by atoms with Crippen LogP contribution in [0, 0.1) is 6.92 Å². The first-order valence-electron chi connectivity index (χ1n) is 12.8. The van der Waals surface area contributed by atoms with E-state index < -0.39 is 0 Å². The van der Waals surface area contributed by atoms with Gasteiger partial charge in [-0.1, -0.05) is 62.4 Å². The monoisotopic (exact) mass is 485 g/mol. The van der Waals surface area contributed by atoms with E-state index in [1.165, 1.54) is 21.6 Å². The number of carbonyl (C=O) groups is 1. The Balaban J connectivity index is 1.21. The van der Waals surface area contributed by atoms with Crippen molar-refractivity contribution >= 4 is 17.7 Å². The second-order valence-electron chi connectivity index (χ2n) is 10.3. The number of rotatable bonds is 7. The van der Waals surface area contributed by atoms with Crippen molar-refractivity contribution < 1.29 is 9.53 Å². The maximum Gasteiger partial charge on any atom is 0.254 e. The highest BCUT2D eigenvalue weighted by molar-refractivity contribution is 7.98. The number of amides is 1. The molecule has 2 aliphatic heterocycles.